The number of rotatable bonds is 6. The second kappa shape index (κ2) is 9.84. The van der Waals surface area contributed by atoms with Crippen LogP contribution in [0.5, 0.6) is 0 Å². The van der Waals surface area contributed by atoms with Gasteiger partial charge in [-0.25, -0.2) is 4.79 Å². The van der Waals surface area contributed by atoms with Gasteiger partial charge in [-0.1, -0.05) is 66.7 Å². The molecule has 0 aromatic heterocycles. The van der Waals surface area contributed by atoms with Crippen LogP contribution in [0, 0.1) is 11.3 Å². The van der Waals surface area contributed by atoms with Crippen molar-refractivity contribution < 1.29 is 22.7 Å². The molecule has 4 nitrogen and oxygen atoms in total. The van der Waals surface area contributed by atoms with E-state index in [2.05, 4.69) is 17.4 Å². The van der Waals surface area contributed by atoms with Crippen LogP contribution in [-0.2, 0) is 10.9 Å². The van der Waals surface area contributed by atoms with E-state index in [1.54, 1.807) is 12.1 Å². The highest BCUT2D eigenvalue weighted by Gasteiger charge is 2.33. The van der Waals surface area contributed by atoms with E-state index in [0.717, 1.165) is 28.3 Å². The number of carbonyl (C=O) groups excluding carboxylic acids is 1. The van der Waals surface area contributed by atoms with E-state index in [1.807, 2.05) is 36.4 Å². The van der Waals surface area contributed by atoms with E-state index in [4.69, 9.17) is 10.00 Å². The van der Waals surface area contributed by atoms with Crippen molar-refractivity contribution in [2.24, 2.45) is 0 Å². The predicted molar refractivity (Wildman–Crippen MR) is 123 cm³/mol. The van der Waals surface area contributed by atoms with Gasteiger partial charge in [0.25, 0.3) is 0 Å². The highest BCUT2D eigenvalue weighted by molar-refractivity contribution is 5.79. The molecule has 1 aliphatic carbocycles. The van der Waals surface area contributed by atoms with Crippen molar-refractivity contribution in [1.29, 1.82) is 5.26 Å². The predicted octanol–water partition coefficient (Wildman–Crippen LogP) is 6.52. The van der Waals surface area contributed by atoms with E-state index in [0.29, 0.717) is 6.42 Å². The minimum absolute atomic E-state index is 0.0346. The molecule has 0 spiro atoms. The van der Waals surface area contributed by atoms with E-state index in [9.17, 15) is 18.0 Å². The first-order valence-corrected chi connectivity index (χ1v) is 10.7. The lowest BCUT2D eigenvalue weighted by molar-refractivity contribution is -0.137. The van der Waals surface area contributed by atoms with E-state index in [1.165, 1.54) is 18.2 Å². The van der Waals surface area contributed by atoms with Crippen LogP contribution >= 0.6 is 0 Å². The Hall–Kier alpha value is -4.05. The molecule has 3 aromatic rings. The maximum absolute atomic E-state index is 13.2. The lowest BCUT2D eigenvalue weighted by atomic mass is 9.98. The fourth-order valence-corrected chi connectivity index (χ4v) is 4.13. The lowest BCUT2D eigenvalue weighted by Crippen LogP contribution is -2.26. The number of nitriles is 1. The number of nitrogens with zero attached hydrogens (tertiary/aromatic N) is 1. The Balaban J connectivity index is 1.30. The van der Waals surface area contributed by atoms with Crippen LogP contribution in [0.15, 0.2) is 72.8 Å². The maximum Gasteiger partial charge on any atom is 0.417 e. The summed E-state index contributed by atoms with van der Waals surface area (Å²) in [7, 11) is 0. The summed E-state index contributed by atoms with van der Waals surface area (Å²) in [5, 5.41) is 11.5. The van der Waals surface area contributed by atoms with E-state index in [-0.39, 0.29) is 30.2 Å². The first kappa shape index (κ1) is 23.1. The van der Waals surface area contributed by atoms with Crippen LogP contribution in [0.4, 0.5) is 18.0 Å². The molecule has 1 amide bonds. The summed E-state index contributed by atoms with van der Waals surface area (Å²) in [6.45, 7) is 0.403. The maximum atomic E-state index is 13.2. The zero-order chi connectivity index (χ0) is 24.1. The normalized spacial score (nSPS) is 12.8. The minimum Gasteiger partial charge on any atom is -0.449 e. The first-order valence-electron chi connectivity index (χ1n) is 10.7. The average molecular weight is 462 g/mol. The largest absolute Gasteiger partial charge is 0.449 e. The number of hydrogen-bond acceptors (Lipinski definition) is 3. The fraction of sp³-hybridized carbons (Fsp3) is 0.185. The monoisotopic (exact) mass is 462 g/mol. The molecule has 0 aliphatic heterocycles. The minimum atomic E-state index is -4.56. The van der Waals surface area contributed by atoms with Gasteiger partial charge >= 0.3 is 12.3 Å². The molecule has 1 N–H and O–H groups in total. The van der Waals surface area contributed by atoms with E-state index < -0.39 is 17.8 Å². The molecule has 0 radical (unpaired) electrons. The number of alkyl carbamates (subject to hydrolysis) is 1. The molecule has 1 aliphatic rings. The molecule has 7 heteroatoms. The summed E-state index contributed by atoms with van der Waals surface area (Å²) >= 11 is 0. The topological polar surface area (TPSA) is 62.1 Å². The second-order valence-corrected chi connectivity index (χ2v) is 7.85. The quantitative estimate of drug-likeness (QED) is 0.424. The van der Waals surface area contributed by atoms with Gasteiger partial charge in [0.2, 0.25) is 0 Å². The second-order valence-electron chi connectivity index (χ2n) is 7.85. The van der Waals surface area contributed by atoms with Crippen molar-refractivity contribution in [3.8, 4) is 17.2 Å². The molecule has 0 atom stereocenters. The van der Waals surface area contributed by atoms with Gasteiger partial charge in [0.15, 0.2) is 0 Å². The summed E-state index contributed by atoms with van der Waals surface area (Å²) < 4.78 is 45.1. The van der Waals surface area contributed by atoms with Crippen molar-refractivity contribution >= 4 is 12.2 Å². The fourth-order valence-electron chi connectivity index (χ4n) is 4.13. The number of ether oxygens (including phenoxy) is 1. The zero-order valence-electron chi connectivity index (χ0n) is 18.1. The number of halogens is 3. The molecule has 0 fully saturated rings. The Labute approximate surface area is 195 Å². The SMILES string of the molecule is N#Cc1ccc(C=CCCNC(=O)OCC2c3ccccc3-c3ccccc32)c(C(F)(F)F)c1. The third-order valence-corrected chi connectivity index (χ3v) is 5.71. The van der Waals surface area contributed by atoms with Crippen LogP contribution in [0.1, 0.15) is 40.2 Å². The Kier molecular flexibility index (Phi) is 6.69. The van der Waals surface area contributed by atoms with Crippen molar-refractivity contribution in [3.05, 3.63) is 101 Å². The summed E-state index contributed by atoms with van der Waals surface area (Å²) in [6, 6.07) is 21.2. The number of alkyl halides is 3. The number of benzene rings is 3. The highest BCUT2D eigenvalue weighted by Crippen LogP contribution is 2.44. The van der Waals surface area contributed by atoms with Gasteiger partial charge in [-0.2, -0.15) is 18.4 Å². The summed E-state index contributed by atoms with van der Waals surface area (Å²) in [4.78, 5) is 12.2. The molecule has 4 rings (SSSR count). The molecule has 0 bridgehead atoms. The Morgan fingerprint density at radius 3 is 2.29 bits per heavy atom. The number of carbonyl (C=O) groups is 1. The number of hydrogen-bond donors (Lipinski definition) is 1. The highest BCUT2D eigenvalue weighted by atomic mass is 19.4. The van der Waals surface area contributed by atoms with Crippen molar-refractivity contribution in [1.82, 2.24) is 5.32 Å². The van der Waals surface area contributed by atoms with Gasteiger partial charge in [0.1, 0.15) is 6.61 Å². The van der Waals surface area contributed by atoms with Crippen LogP contribution < -0.4 is 5.32 Å². The number of nitrogens with one attached hydrogen (secondary N) is 1. The Morgan fingerprint density at radius 1 is 1.03 bits per heavy atom. The molecule has 172 valence electrons. The summed E-state index contributed by atoms with van der Waals surface area (Å²) in [5.74, 6) is -0.0461. The molecule has 0 saturated heterocycles. The third kappa shape index (κ3) is 4.96. The molecule has 0 unspecified atom stereocenters. The molecular weight excluding hydrogens is 441 g/mol. The average Bonchev–Trinajstić information content (AvgIpc) is 3.15. The van der Waals surface area contributed by atoms with Crippen molar-refractivity contribution in [2.75, 3.05) is 13.2 Å². The first-order chi connectivity index (χ1) is 16.4. The summed E-state index contributed by atoms with van der Waals surface area (Å²) in [5.41, 5.74) is 3.54. The van der Waals surface area contributed by atoms with Gasteiger partial charge in [-0.05, 0) is 46.4 Å². The smallest absolute Gasteiger partial charge is 0.417 e. The van der Waals surface area contributed by atoms with E-state index >= 15 is 0 Å². The lowest BCUT2D eigenvalue weighted by Gasteiger charge is -2.14. The van der Waals surface area contributed by atoms with Gasteiger partial charge in [-0.15, -0.1) is 0 Å². The molecule has 0 saturated carbocycles. The van der Waals surface area contributed by atoms with Gasteiger partial charge in [-0.3, -0.25) is 0 Å². The van der Waals surface area contributed by atoms with Crippen LogP contribution in [-0.4, -0.2) is 19.2 Å². The van der Waals surface area contributed by atoms with Crippen LogP contribution in [0.3, 0.4) is 0 Å². The van der Waals surface area contributed by atoms with Gasteiger partial charge < -0.3 is 10.1 Å². The molecule has 3 aromatic carbocycles. The van der Waals surface area contributed by atoms with Crippen LogP contribution in [0.25, 0.3) is 17.2 Å². The van der Waals surface area contributed by atoms with Gasteiger partial charge in [0.05, 0.1) is 17.2 Å². The molecular formula is C27H21F3N2O2. The van der Waals surface area contributed by atoms with Crippen molar-refractivity contribution in [2.45, 2.75) is 18.5 Å². The Morgan fingerprint density at radius 2 is 1.68 bits per heavy atom. The number of fused-ring (bicyclic) bond motifs is 3. The van der Waals surface area contributed by atoms with Gasteiger partial charge in [0, 0.05) is 12.5 Å². The Bertz CT molecular complexity index is 1230. The van der Waals surface area contributed by atoms with Crippen molar-refractivity contribution in [3.63, 3.8) is 0 Å². The van der Waals surface area contributed by atoms with Crippen LogP contribution in [0.2, 0.25) is 0 Å². The zero-order valence-corrected chi connectivity index (χ0v) is 18.1. The molecule has 0 heterocycles. The number of amides is 1. The summed E-state index contributed by atoms with van der Waals surface area (Å²) in [6.07, 6.45) is -1.94. The third-order valence-electron chi connectivity index (χ3n) is 5.71. The standard InChI is InChI=1S/C27H21F3N2O2/c28-27(29,30)25-15-18(16-31)12-13-19(25)7-5-6-14-32-26(33)34-17-24-22-10-3-1-8-20(22)21-9-2-4-11-23(21)24/h1-5,7-13,15,24H,6,14,17H2,(H,32,33). The molecule has 34 heavy (non-hydrogen) atoms.